The van der Waals surface area contributed by atoms with Crippen molar-refractivity contribution in [3.05, 3.63) is 0 Å². The van der Waals surface area contributed by atoms with Crippen LogP contribution in [0.25, 0.3) is 0 Å². The van der Waals surface area contributed by atoms with Gasteiger partial charge in [0.15, 0.2) is 0 Å². The molecule has 0 saturated heterocycles. The lowest BCUT2D eigenvalue weighted by atomic mass is 10.0. The zero-order valence-corrected chi connectivity index (χ0v) is 7.55. The van der Waals surface area contributed by atoms with Crippen molar-refractivity contribution >= 4 is 5.91 Å². The van der Waals surface area contributed by atoms with Crippen LogP contribution in [0, 0.1) is 5.92 Å². The summed E-state index contributed by atoms with van der Waals surface area (Å²) in [5, 5.41) is 2.52. The van der Waals surface area contributed by atoms with Gasteiger partial charge >= 0.3 is 0 Å². The summed E-state index contributed by atoms with van der Waals surface area (Å²) in [6.45, 7) is 4.24. The van der Waals surface area contributed by atoms with E-state index >= 15 is 0 Å². The van der Waals surface area contributed by atoms with Gasteiger partial charge in [0.1, 0.15) is 0 Å². The van der Waals surface area contributed by atoms with Crippen molar-refractivity contribution in [3.8, 4) is 0 Å². The van der Waals surface area contributed by atoms with Crippen LogP contribution in [0.2, 0.25) is 0 Å². The first-order valence-electron chi connectivity index (χ1n) is 4.05. The monoisotopic (exact) mass is 158 g/mol. The molecule has 0 aliphatic carbocycles. The Kier molecular flexibility index (Phi) is 4.86. The maximum atomic E-state index is 10.9. The zero-order chi connectivity index (χ0) is 8.85. The molecule has 1 unspecified atom stereocenters. The smallest absolute Gasteiger partial charge is 0.236 e. The minimum Gasteiger partial charge on any atom is -0.358 e. The van der Waals surface area contributed by atoms with Crippen molar-refractivity contribution in [3.63, 3.8) is 0 Å². The average Bonchev–Trinajstić information content (AvgIpc) is 1.98. The lowest BCUT2D eigenvalue weighted by Crippen LogP contribution is -2.38. The molecule has 0 radical (unpaired) electrons. The standard InChI is InChI=1S/C8H18N2O/c1-6(2)4-5-7(9)8(11)10-3/h6-7H,4-5,9H2,1-3H3,(H,10,11). The number of carbonyl (C=O) groups excluding carboxylic acids is 1. The molecule has 0 rings (SSSR count). The van der Waals surface area contributed by atoms with Crippen molar-refractivity contribution in [2.75, 3.05) is 7.05 Å². The van der Waals surface area contributed by atoms with Gasteiger partial charge in [0, 0.05) is 7.05 Å². The molecule has 0 aromatic heterocycles. The second kappa shape index (κ2) is 5.13. The molecule has 11 heavy (non-hydrogen) atoms. The first-order chi connectivity index (χ1) is 5.07. The first-order valence-corrected chi connectivity index (χ1v) is 4.05. The Morgan fingerprint density at radius 1 is 1.45 bits per heavy atom. The van der Waals surface area contributed by atoms with Crippen LogP contribution in [0.15, 0.2) is 0 Å². The third kappa shape index (κ3) is 4.79. The summed E-state index contributed by atoms with van der Waals surface area (Å²) in [5.74, 6) is 0.552. The molecule has 0 spiro atoms. The van der Waals surface area contributed by atoms with Crippen LogP contribution < -0.4 is 11.1 Å². The molecule has 0 aromatic carbocycles. The largest absolute Gasteiger partial charge is 0.358 e. The molecule has 0 heterocycles. The van der Waals surface area contributed by atoms with Crippen LogP contribution in [0.5, 0.6) is 0 Å². The SMILES string of the molecule is CNC(=O)C(N)CCC(C)C. The molecule has 0 saturated carbocycles. The molecule has 0 bridgehead atoms. The fraction of sp³-hybridized carbons (Fsp3) is 0.875. The highest BCUT2D eigenvalue weighted by atomic mass is 16.2. The lowest BCUT2D eigenvalue weighted by Gasteiger charge is -2.10. The van der Waals surface area contributed by atoms with E-state index in [2.05, 4.69) is 19.2 Å². The van der Waals surface area contributed by atoms with Crippen molar-refractivity contribution in [2.24, 2.45) is 11.7 Å². The predicted molar refractivity (Wildman–Crippen MR) is 46.1 cm³/mol. The van der Waals surface area contributed by atoms with Crippen LogP contribution in [-0.2, 0) is 4.79 Å². The molecule has 3 N–H and O–H groups in total. The average molecular weight is 158 g/mol. The third-order valence-corrected chi connectivity index (χ3v) is 1.64. The van der Waals surface area contributed by atoms with Gasteiger partial charge in [-0.2, -0.15) is 0 Å². The summed E-state index contributed by atoms with van der Waals surface area (Å²) >= 11 is 0. The van der Waals surface area contributed by atoms with Crippen LogP contribution >= 0.6 is 0 Å². The Balaban J connectivity index is 3.52. The normalized spacial score (nSPS) is 13.2. The Morgan fingerprint density at radius 3 is 2.36 bits per heavy atom. The molecule has 3 nitrogen and oxygen atoms in total. The molecule has 0 fully saturated rings. The van der Waals surface area contributed by atoms with E-state index in [-0.39, 0.29) is 11.9 Å². The molecule has 0 aliphatic heterocycles. The Hall–Kier alpha value is -0.570. The maximum Gasteiger partial charge on any atom is 0.236 e. The van der Waals surface area contributed by atoms with Gasteiger partial charge < -0.3 is 11.1 Å². The van der Waals surface area contributed by atoms with E-state index in [1.165, 1.54) is 0 Å². The number of likely N-dealkylation sites (N-methyl/N-ethyl adjacent to an activating group) is 1. The summed E-state index contributed by atoms with van der Waals surface area (Å²) < 4.78 is 0. The van der Waals surface area contributed by atoms with E-state index in [9.17, 15) is 4.79 Å². The minimum absolute atomic E-state index is 0.0642. The fourth-order valence-corrected chi connectivity index (χ4v) is 0.829. The Morgan fingerprint density at radius 2 is 2.00 bits per heavy atom. The van der Waals surface area contributed by atoms with Crippen molar-refractivity contribution in [2.45, 2.75) is 32.7 Å². The highest BCUT2D eigenvalue weighted by molar-refractivity contribution is 5.81. The summed E-state index contributed by atoms with van der Waals surface area (Å²) in [6, 6.07) is -0.331. The third-order valence-electron chi connectivity index (χ3n) is 1.64. The van der Waals surface area contributed by atoms with Crippen LogP contribution in [0.3, 0.4) is 0 Å². The van der Waals surface area contributed by atoms with Gasteiger partial charge in [-0.25, -0.2) is 0 Å². The van der Waals surface area contributed by atoms with E-state index < -0.39 is 0 Å². The van der Waals surface area contributed by atoms with Gasteiger partial charge in [0.2, 0.25) is 5.91 Å². The van der Waals surface area contributed by atoms with Crippen molar-refractivity contribution in [1.82, 2.24) is 5.32 Å². The molecule has 0 aromatic rings. The second-order valence-corrected chi connectivity index (χ2v) is 3.19. The molecule has 0 aliphatic rings. The fourth-order valence-electron chi connectivity index (χ4n) is 0.829. The molecular formula is C8H18N2O. The number of amides is 1. The molecule has 1 atom stereocenters. The first kappa shape index (κ1) is 10.4. The highest BCUT2D eigenvalue weighted by Crippen LogP contribution is 2.04. The number of nitrogens with two attached hydrogens (primary N) is 1. The van der Waals surface area contributed by atoms with Crippen LogP contribution in [0.4, 0.5) is 0 Å². The van der Waals surface area contributed by atoms with E-state index in [1.807, 2.05) is 0 Å². The Labute approximate surface area is 68.3 Å². The van der Waals surface area contributed by atoms with Crippen LogP contribution in [-0.4, -0.2) is 19.0 Å². The van der Waals surface area contributed by atoms with Gasteiger partial charge in [-0.15, -0.1) is 0 Å². The van der Waals surface area contributed by atoms with E-state index in [0.717, 1.165) is 12.8 Å². The minimum atomic E-state index is -0.331. The van der Waals surface area contributed by atoms with Crippen molar-refractivity contribution < 1.29 is 4.79 Å². The summed E-state index contributed by atoms with van der Waals surface area (Å²) in [5.41, 5.74) is 5.56. The van der Waals surface area contributed by atoms with E-state index in [1.54, 1.807) is 7.05 Å². The zero-order valence-electron chi connectivity index (χ0n) is 7.55. The number of rotatable bonds is 4. The number of hydrogen-bond donors (Lipinski definition) is 2. The summed E-state index contributed by atoms with van der Waals surface area (Å²) in [4.78, 5) is 10.9. The number of carbonyl (C=O) groups is 1. The van der Waals surface area contributed by atoms with Gasteiger partial charge in [-0.05, 0) is 18.8 Å². The van der Waals surface area contributed by atoms with Crippen LogP contribution in [0.1, 0.15) is 26.7 Å². The summed E-state index contributed by atoms with van der Waals surface area (Å²) in [7, 11) is 1.61. The maximum absolute atomic E-state index is 10.9. The van der Waals surface area contributed by atoms with Gasteiger partial charge in [0.25, 0.3) is 0 Å². The topological polar surface area (TPSA) is 55.1 Å². The highest BCUT2D eigenvalue weighted by Gasteiger charge is 2.10. The summed E-state index contributed by atoms with van der Waals surface area (Å²) in [6.07, 6.45) is 1.78. The van der Waals surface area contributed by atoms with Gasteiger partial charge in [-0.1, -0.05) is 13.8 Å². The van der Waals surface area contributed by atoms with E-state index in [0.29, 0.717) is 5.92 Å². The number of nitrogens with one attached hydrogen (secondary N) is 1. The molecular weight excluding hydrogens is 140 g/mol. The van der Waals surface area contributed by atoms with Crippen molar-refractivity contribution in [1.29, 1.82) is 0 Å². The molecule has 3 heteroatoms. The van der Waals surface area contributed by atoms with Gasteiger partial charge in [0.05, 0.1) is 6.04 Å². The van der Waals surface area contributed by atoms with Gasteiger partial charge in [-0.3, -0.25) is 4.79 Å². The quantitative estimate of drug-likeness (QED) is 0.626. The Bertz CT molecular complexity index is 123. The molecule has 66 valence electrons. The second-order valence-electron chi connectivity index (χ2n) is 3.19. The number of hydrogen-bond acceptors (Lipinski definition) is 2. The van der Waals surface area contributed by atoms with E-state index in [4.69, 9.17) is 5.73 Å². The predicted octanol–water partition coefficient (Wildman–Crippen LogP) is 0.496. The molecule has 1 amide bonds. The lowest BCUT2D eigenvalue weighted by molar-refractivity contribution is -0.122.